The number of thiophene rings is 1. The van der Waals surface area contributed by atoms with Gasteiger partial charge in [0.25, 0.3) is 0 Å². The highest BCUT2D eigenvalue weighted by atomic mass is 32.1. The summed E-state index contributed by atoms with van der Waals surface area (Å²) in [4.78, 5) is 13.5. The Bertz CT molecular complexity index is 654. The highest BCUT2D eigenvalue weighted by Gasteiger charge is 2.08. The minimum Gasteiger partial charge on any atom is -0.459 e. The minimum atomic E-state index is -0.312. The van der Waals surface area contributed by atoms with Gasteiger partial charge in [0, 0.05) is 17.1 Å². The van der Waals surface area contributed by atoms with Crippen molar-refractivity contribution in [3.63, 3.8) is 0 Å². The second-order valence-corrected chi connectivity index (χ2v) is 5.93. The number of carbonyl (C=O) groups is 1. The zero-order valence-electron chi connectivity index (χ0n) is 11.9. The van der Waals surface area contributed by atoms with E-state index in [-0.39, 0.29) is 12.1 Å². The summed E-state index contributed by atoms with van der Waals surface area (Å²) in [6.07, 6.45) is -0.122. The zero-order chi connectivity index (χ0) is 15.2. The summed E-state index contributed by atoms with van der Waals surface area (Å²) in [7, 11) is 0. The molecule has 0 bridgehead atoms. The van der Waals surface area contributed by atoms with Crippen LogP contribution in [0.2, 0.25) is 0 Å². The topological polar surface area (TPSA) is 62.1 Å². The highest BCUT2D eigenvalue weighted by molar-refractivity contribution is 7.12. The lowest BCUT2D eigenvalue weighted by atomic mass is 10.2. The van der Waals surface area contributed by atoms with E-state index >= 15 is 0 Å². The number of carbonyl (C=O) groups excluding carboxylic acids is 1. The van der Waals surface area contributed by atoms with Crippen LogP contribution in [0.5, 0.6) is 0 Å². The number of nitrogens with one attached hydrogen (secondary N) is 1. The Balaban J connectivity index is 1.93. The Kier molecular flexibility index (Phi) is 4.96. The van der Waals surface area contributed by atoms with Crippen LogP contribution in [0.15, 0.2) is 36.4 Å². The van der Waals surface area contributed by atoms with E-state index < -0.39 is 0 Å². The first-order chi connectivity index (χ1) is 10.1. The third-order valence-corrected chi connectivity index (χ3v) is 3.69. The quantitative estimate of drug-likeness (QED) is 0.853. The monoisotopic (exact) mass is 300 g/mol. The molecule has 0 aliphatic heterocycles. The van der Waals surface area contributed by atoms with Crippen LogP contribution in [0, 0.1) is 11.3 Å². The van der Waals surface area contributed by atoms with Crippen LogP contribution in [-0.4, -0.2) is 12.1 Å². The first kappa shape index (κ1) is 15.1. The van der Waals surface area contributed by atoms with Gasteiger partial charge in [0.1, 0.15) is 10.9 Å². The first-order valence-corrected chi connectivity index (χ1v) is 7.44. The molecular weight excluding hydrogens is 284 g/mol. The first-order valence-electron chi connectivity index (χ1n) is 6.62. The lowest BCUT2D eigenvalue weighted by Gasteiger charge is -2.09. The lowest BCUT2D eigenvalue weighted by molar-refractivity contribution is 0.0378. The SMILES string of the molecule is CC(C)OC(=O)c1ccc(NCc2ccc(C#N)s2)cc1. The zero-order valence-corrected chi connectivity index (χ0v) is 12.7. The summed E-state index contributed by atoms with van der Waals surface area (Å²) in [6.45, 7) is 4.30. The molecule has 0 aliphatic rings. The Hall–Kier alpha value is -2.32. The van der Waals surface area contributed by atoms with E-state index in [4.69, 9.17) is 10.00 Å². The third-order valence-electron chi connectivity index (χ3n) is 2.70. The molecule has 2 aromatic rings. The number of anilines is 1. The van der Waals surface area contributed by atoms with Gasteiger partial charge < -0.3 is 10.1 Å². The predicted octanol–water partition coefficient (Wildman–Crippen LogP) is 3.80. The van der Waals surface area contributed by atoms with Crippen LogP contribution in [0.1, 0.15) is 34.0 Å². The second kappa shape index (κ2) is 6.91. The van der Waals surface area contributed by atoms with Crippen molar-refractivity contribution in [3.8, 4) is 6.07 Å². The van der Waals surface area contributed by atoms with E-state index in [9.17, 15) is 4.79 Å². The number of rotatable bonds is 5. The molecule has 0 unspecified atom stereocenters. The molecule has 5 heteroatoms. The van der Waals surface area contributed by atoms with Crippen LogP contribution >= 0.6 is 11.3 Å². The van der Waals surface area contributed by atoms with Gasteiger partial charge in [0.15, 0.2) is 0 Å². The fraction of sp³-hybridized carbons (Fsp3) is 0.250. The number of nitriles is 1. The number of esters is 1. The molecule has 1 aromatic carbocycles. The maximum Gasteiger partial charge on any atom is 0.338 e. The smallest absolute Gasteiger partial charge is 0.338 e. The summed E-state index contributed by atoms with van der Waals surface area (Å²) in [5.74, 6) is -0.312. The second-order valence-electron chi connectivity index (χ2n) is 4.76. The summed E-state index contributed by atoms with van der Waals surface area (Å²) in [6, 6.07) is 13.0. The summed E-state index contributed by atoms with van der Waals surface area (Å²) in [5.41, 5.74) is 1.46. The summed E-state index contributed by atoms with van der Waals surface area (Å²) in [5, 5.41) is 12.0. The van der Waals surface area contributed by atoms with E-state index in [0.29, 0.717) is 17.0 Å². The standard InChI is InChI=1S/C16H16N2O2S/c1-11(2)20-16(19)12-3-5-13(6-4-12)18-10-15-8-7-14(9-17)21-15/h3-8,11,18H,10H2,1-2H3. The molecule has 1 N–H and O–H groups in total. The van der Waals surface area contributed by atoms with Crippen molar-refractivity contribution in [2.24, 2.45) is 0 Å². The molecule has 2 rings (SSSR count). The lowest BCUT2D eigenvalue weighted by Crippen LogP contribution is -2.11. The van der Waals surface area contributed by atoms with E-state index in [1.165, 1.54) is 11.3 Å². The third kappa shape index (κ3) is 4.33. The molecule has 0 amide bonds. The number of hydrogen-bond donors (Lipinski definition) is 1. The fourth-order valence-corrected chi connectivity index (χ4v) is 2.47. The number of ether oxygens (including phenoxy) is 1. The average molecular weight is 300 g/mol. The van der Waals surface area contributed by atoms with E-state index in [2.05, 4.69) is 11.4 Å². The fourth-order valence-electron chi connectivity index (χ4n) is 1.73. The van der Waals surface area contributed by atoms with Crippen molar-refractivity contribution < 1.29 is 9.53 Å². The molecule has 0 aliphatic carbocycles. The Morgan fingerprint density at radius 1 is 1.29 bits per heavy atom. The largest absolute Gasteiger partial charge is 0.459 e. The summed E-state index contributed by atoms with van der Waals surface area (Å²) < 4.78 is 5.13. The van der Waals surface area contributed by atoms with Gasteiger partial charge in [-0.2, -0.15) is 5.26 Å². The summed E-state index contributed by atoms with van der Waals surface area (Å²) >= 11 is 1.47. The van der Waals surface area contributed by atoms with Crippen molar-refractivity contribution in [1.29, 1.82) is 5.26 Å². The van der Waals surface area contributed by atoms with Crippen LogP contribution in [-0.2, 0) is 11.3 Å². The average Bonchev–Trinajstić information content (AvgIpc) is 2.93. The van der Waals surface area contributed by atoms with Gasteiger partial charge in [-0.05, 0) is 50.2 Å². The minimum absolute atomic E-state index is 0.122. The van der Waals surface area contributed by atoms with E-state index in [1.807, 2.05) is 38.1 Å². The van der Waals surface area contributed by atoms with Crippen LogP contribution in [0.25, 0.3) is 0 Å². The Morgan fingerprint density at radius 3 is 2.57 bits per heavy atom. The van der Waals surface area contributed by atoms with Gasteiger partial charge >= 0.3 is 5.97 Å². The number of hydrogen-bond acceptors (Lipinski definition) is 5. The van der Waals surface area contributed by atoms with Gasteiger partial charge in [0.05, 0.1) is 11.7 Å². The molecule has 0 atom stereocenters. The van der Waals surface area contributed by atoms with Crippen molar-refractivity contribution >= 4 is 23.0 Å². The van der Waals surface area contributed by atoms with E-state index in [0.717, 1.165) is 10.6 Å². The molecule has 0 saturated carbocycles. The maximum absolute atomic E-state index is 11.7. The normalized spacial score (nSPS) is 10.2. The number of nitrogens with zero attached hydrogens (tertiary/aromatic N) is 1. The maximum atomic E-state index is 11.7. The van der Waals surface area contributed by atoms with Crippen molar-refractivity contribution in [3.05, 3.63) is 51.7 Å². The van der Waals surface area contributed by atoms with Gasteiger partial charge in [-0.25, -0.2) is 4.79 Å². The van der Waals surface area contributed by atoms with Crippen LogP contribution in [0.4, 0.5) is 5.69 Å². The van der Waals surface area contributed by atoms with Gasteiger partial charge in [0.2, 0.25) is 0 Å². The molecule has 1 heterocycles. The Labute approximate surface area is 128 Å². The number of benzene rings is 1. The van der Waals surface area contributed by atoms with Crippen molar-refractivity contribution in [1.82, 2.24) is 0 Å². The predicted molar refractivity (Wildman–Crippen MR) is 83.4 cm³/mol. The van der Waals surface area contributed by atoms with Crippen molar-refractivity contribution in [2.75, 3.05) is 5.32 Å². The molecule has 108 valence electrons. The van der Waals surface area contributed by atoms with Crippen molar-refractivity contribution in [2.45, 2.75) is 26.5 Å². The molecular formula is C16H16N2O2S. The molecule has 0 radical (unpaired) electrons. The van der Waals surface area contributed by atoms with Crippen LogP contribution in [0.3, 0.4) is 0 Å². The highest BCUT2D eigenvalue weighted by Crippen LogP contribution is 2.18. The molecule has 0 fully saturated rings. The molecule has 0 spiro atoms. The molecule has 1 aromatic heterocycles. The molecule has 4 nitrogen and oxygen atoms in total. The van der Waals surface area contributed by atoms with Crippen LogP contribution < -0.4 is 5.32 Å². The Morgan fingerprint density at radius 2 is 2.00 bits per heavy atom. The molecule has 21 heavy (non-hydrogen) atoms. The van der Waals surface area contributed by atoms with E-state index in [1.54, 1.807) is 12.1 Å². The van der Waals surface area contributed by atoms with Gasteiger partial charge in [-0.15, -0.1) is 11.3 Å². The van der Waals surface area contributed by atoms with Gasteiger partial charge in [-0.3, -0.25) is 0 Å². The molecule has 0 saturated heterocycles. The van der Waals surface area contributed by atoms with Gasteiger partial charge in [-0.1, -0.05) is 0 Å².